The predicted molar refractivity (Wildman–Crippen MR) is 70.9 cm³/mol. The minimum atomic E-state index is -0.195. The van der Waals surface area contributed by atoms with E-state index in [0.717, 1.165) is 6.54 Å². The molecule has 0 atom stereocenters. The third-order valence-electron chi connectivity index (χ3n) is 2.83. The molecule has 2 N–H and O–H groups in total. The van der Waals surface area contributed by atoms with Crippen molar-refractivity contribution in [3.05, 3.63) is 42.5 Å². The molecule has 96 valence electrons. The Morgan fingerprint density at radius 3 is 2.78 bits per heavy atom. The summed E-state index contributed by atoms with van der Waals surface area (Å²) in [5.41, 5.74) is 6.86. The average molecular weight is 248 g/mol. The van der Waals surface area contributed by atoms with Crippen LogP contribution in [0.3, 0.4) is 0 Å². The number of aromatic nitrogens is 2. The smallest absolute Gasteiger partial charge is 0.146 e. The zero-order valence-electron chi connectivity index (χ0n) is 10.4. The lowest BCUT2D eigenvalue weighted by atomic mass is 10.2. The maximum absolute atomic E-state index is 13.7. The van der Waals surface area contributed by atoms with Gasteiger partial charge in [0.15, 0.2) is 0 Å². The fraction of sp³-hybridized carbons (Fsp3) is 0.308. The summed E-state index contributed by atoms with van der Waals surface area (Å²) < 4.78 is 15.4. The Bertz CT molecular complexity index is 509. The van der Waals surface area contributed by atoms with E-state index in [-0.39, 0.29) is 5.82 Å². The highest BCUT2D eigenvalue weighted by molar-refractivity contribution is 5.47. The first-order valence-corrected chi connectivity index (χ1v) is 5.98. The molecule has 0 radical (unpaired) electrons. The minimum absolute atomic E-state index is 0.195. The first kappa shape index (κ1) is 12.4. The van der Waals surface area contributed by atoms with Gasteiger partial charge in [0.2, 0.25) is 0 Å². The van der Waals surface area contributed by atoms with Crippen LogP contribution in [0.4, 0.5) is 15.8 Å². The van der Waals surface area contributed by atoms with E-state index >= 15 is 0 Å². The van der Waals surface area contributed by atoms with Gasteiger partial charge in [0.25, 0.3) is 0 Å². The number of benzene rings is 1. The van der Waals surface area contributed by atoms with Crippen molar-refractivity contribution < 1.29 is 4.39 Å². The highest BCUT2D eigenvalue weighted by atomic mass is 19.1. The Balaban J connectivity index is 2.04. The highest BCUT2D eigenvalue weighted by Crippen LogP contribution is 2.18. The molecule has 4 nitrogen and oxygen atoms in total. The molecule has 1 aromatic heterocycles. The average Bonchev–Trinajstić information content (AvgIpc) is 2.78. The molecule has 18 heavy (non-hydrogen) atoms. The predicted octanol–water partition coefficient (Wildman–Crippen LogP) is 2.13. The van der Waals surface area contributed by atoms with Gasteiger partial charge >= 0.3 is 0 Å². The summed E-state index contributed by atoms with van der Waals surface area (Å²) in [6.07, 6.45) is 3.38. The standard InChI is InChI=1S/C13H17FN4/c1-2-17(13-6-4-3-5-12(13)14)7-8-18-10-11(15)9-16-18/h3-6,9-10H,2,7-8,15H2,1H3. The lowest BCUT2D eigenvalue weighted by Gasteiger charge is -2.23. The summed E-state index contributed by atoms with van der Waals surface area (Å²) >= 11 is 0. The topological polar surface area (TPSA) is 47.1 Å². The second kappa shape index (κ2) is 5.53. The van der Waals surface area contributed by atoms with Gasteiger partial charge in [-0.05, 0) is 19.1 Å². The van der Waals surface area contributed by atoms with Gasteiger partial charge in [0, 0.05) is 19.3 Å². The van der Waals surface area contributed by atoms with E-state index in [0.29, 0.717) is 24.5 Å². The largest absolute Gasteiger partial charge is 0.396 e. The van der Waals surface area contributed by atoms with Gasteiger partial charge < -0.3 is 10.6 Å². The van der Waals surface area contributed by atoms with E-state index in [1.165, 1.54) is 6.07 Å². The Labute approximate surface area is 106 Å². The fourth-order valence-electron chi connectivity index (χ4n) is 1.88. The second-order valence-electron chi connectivity index (χ2n) is 4.07. The third kappa shape index (κ3) is 2.80. The fourth-order valence-corrected chi connectivity index (χ4v) is 1.88. The summed E-state index contributed by atoms with van der Waals surface area (Å²) in [5, 5.41) is 4.11. The Morgan fingerprint density at radius 2 is 2.17 bits per heavy atom. The Kier molecular flexibility index (Phi) is 3.82. The van der Waals surface area contributed by atoms with Crippen molar-refractivity contribution in [2.45, 2.75) is 13.5 Å². The molecule has 1 aromatic carbocycles. The number of nitrogen functional groups attached to an aromatic ring is 1. The van der Waals surface area contributed by atoms with Crippen molar-refractivity contribution in [2.24, 2.45) is 0 Å². The summed E-state index contributed by atoms with van der Waals surface area (Å²) in [6, 6.07) is 6.80. The lowest BCUT2D eigenvalue weighted by molar-refractivity contribution is 0.582. The molecule has 0 aliphatic rings. The maximum Gasteiger partial charge on any atom is 0.146 e. The number of hydrogen-bond donors (Lipinski definition) is 1. The summed E-state index contributed by atoms with van der Waals surface area (Å²) in [5.74, 6) is -0.195. The molecule has 0 unspecified atom stereocenters. The van der Waals surface area contributed by atoms with Crippen LogP contribution < -0.4 is 10.6 Å². The summed E-state index contributed by atoms with van der Waals surface area (Å²) in [4.78, 5) is 1.98. The third-order valence-corrected chi connectivity index (χ3v) is 2.83. The quantitative estimate of drug-likeness (QED) is 0.881. The number of nitrogens with two attached hydrogens (primary N) is 1. The molecule has 0 aliphatic heterocycles. The molecular formula is C13H17FN4. The SMILES string of the molecule is CCN(CCn1cc(N)cn1)c1ccccc1F. The lowest BCUT2D eigenvalue weighted by Crippen LogP contribution is -2.28. The summed E-state index contributed by atoms with van der Waals surface area (Å²) in [7, 11) is 0. The molecule has 0 saturated heterocycles. The minimum Gasteiger partial charge on any atom is -0.396 e. The van der Waals surface area contributed by atoms with Crippen molar-refractivity contribution in [1.29, 1.82) is 0 Å². The highest BCUT2D eigenvalue weighted by Gasteiger charge is 2.09. The molecule has 5 heteroatoms. The van der Waals surface area contributed by atoms with Crippen molar-refractivity contribution in [3.63, 3.8) is 0 Å². The number of nitrogens with zero attached hydrogens (tertiary/aromatic N) is 3. The first-order valence-electron chi connectivity index (χ1n) is 5.98. The molecule has 0 spiro atoms. The van der Waals surface area contributed by atoms with Crippen molar-refractivity contribution >= 4 is 11.4 Å². The van der Waals surface area contributed by atoms with Crippen LogP contribution in [-0.2, 0) is 6.54 Å². The van der Waals surface area contributed by atoms with Gasteiger partial charge in [0.05, 0.1) is 24.1 Å². The number of para-hydroxylation sites is 1. The van der Waals surface area contributed by atoms with Gasteiger partial charge in [-0.15, -0.1) is 0 Å². The monoisotopic (exact) mass is 248 g/mol. The van der Waals surface area contributed by atoms with Crippen LogP contribution in [0.1, 0.15) is 6.92 Å². The van der Waals surface area contributed by atoms with Crippen molar-refractivity contribution in [2.75, 3.05) is 23.7 Å². The van der Waals surface area contributed by atoms with Gasteiger partial charge in [-0.1, -0.05) is 12.1 Å². The molecule has 0 fully saturated rings. The van der Waals surface area contributed by atoms with Crippen LogP contribution in [0, 0.1) is 5.82 Å². The van der Waals surface area contributed by atoms with Crippen LogP contribution in [0.25, 0.3) is 0 Å². The Hall–Kier alpha value is -2.04. The molecule has 0 saturated carbocycles. The molecule has 2 aromatic rings. The van der Waals surface area contributed by atoms with Crippen LogP contribution in [-0.4, -0.2) is 22.9 Å². The van der Waals surface area contributed by atoms with Crippen LogP contribution in [0.15, 0.2) is 36.7 Å². The van der Waals surface area contributed by atoms with E-state index in [9.17, 15) is 4.39 Å². The number of hydrogen-bond acceptors (Lipinski definition) is 3. The van der Waals surface area contributed by atoms with E-state index in [4.69, 9.17) is 5.73 Å². The van der Waals surface area contributed by atoms with Gasteiger partial charge in [-0.3, -0.25) is 4.68 Å². The number of likely N-dealkylation sites (N-methyl/N-ethyl adjacent to an activating group) is 1. The normalized spacial score (nSPS) is 10.6. The summed E-state index contributed by atoms with van der Waals surface area (Å²) in [6.45, 7) is 4.12. The number of rotatable bonds is 5. The number of anilines is 2. The van der Waals surface area contributed by atoms with Gasteiger partial charge in [0.1, 0.15) is 5.82 Å². The zero-order valence-corrected chi connectivity index (χ0v) is 10.4. The van der Waals surface area contributed by atoms with E-state index in [1.807, 2.05) is 17.9 Å². The first-order chi connectivity index (χ1) is 8.70. The molecule has 2 rings (SSSR count). The molecule has 0 aliphatic carbocycles. The Morgan fingerprint density at radius 1 is 1.39 bits per heavy atom. The van der Waals surface area contributed by atoms with E-state index < -0.39 is 0 Å². The molecular weight excluding hydrogens is 231 g/mol. The second-order valence-corrected chi connectivity index (χ2v) is 4.07. The maximum atomic E-state index is 13.7. The van der Waals surface area contributed by atoms with Gasteiger partial charge in [-0.2, -0.15) is 5.10 Å². The molecule has 1 heterocycles. The van der Waals surface area contributed by atoms with Crippen LogP contribution >= 0.6 is 0 Å². The van der Waals surface area contributed by atoms with Crippen LogP contribution in [0.2, 0.25) is 0 Å². The number of halogens is 1. The van der Waals surface area contributed by atoms with Crippen molar-refractivity contribution in [1.82, 2.24) is 9.78 Å². The van der Waals surface area contributed by atoms with E-state index in [1.54, 1.807) is 29.2 Å². The van der Waals surface area contributed by atoms with Crippen LogP contribution in [0.5, 0.6) is 0 Å². The van der Waals surface area contributed by atoms with Gasteiger partial charge in [-0.25, -0.2) is 4.39 Å². The molecule has 0 bridgehead atoms. The van der Waals surface area contributed by atoms with Crippen molar-refractivity contribution in [3.8, 4) is 0 Å². The van der Waals surface area contributed by atoms with E-state index in [2.05, 4.69) is 5.10 Å². The zero-order chi connectivity index (χ0) is 13.0. The molecule has 0 amide bonds.